The highest BCUT2D eigenvalue weighted by Crippen LogP contribution is 2.33. The number of nitrogens with zero attached hydrogens (tertiary/aromatic N) is 3. The first kappa shape index (κ1) is 20.9. The third-order valence-electron chi connectivity index (χ3n) is 4.68. The van der Waals surface area contributed by atoms with Crippen molar-refractivity contribution < 1.29 is 14.4 Å². The van der Waals surface area contributed by atoms with Gasteiger partial charge in [0.25, 0.3) is 0 Å². The number of aryl methyl sites for hydroxylation is 2. The second-order valence-corrected chi connectivity index (χ2v) is 7.33. The summed E-state index contributed by atoms with van der Waals surface area (Å²) in [7, 11) is 0. The highest BCUT2D eigenvalue weighted by molar-refractivity contribution is 5.67. The molecule has 0 aliphatic heterocycles. The monoisotopic (exact) mass is 374 g/mol. The molecule has 2 heterocycles. The summed E-state index contributed by atoms with van der Waals surface area (Å²) < 4.78 is 5.34. The molecule has 2 aromatic heterocycles. The number of pyridine rings is 1. The second-order valence-electron chi connectivity index (χ2n) is 7.33. The fourth-order valence-electron chi connectivity index (χ4n) is 3.26. The number of aliphatic carboxylic acids is 1. The minimum atomic E-state index is -0.753. The van der Waals surface area contributed by atoms with E-state index in [1.54, 1.807) is 6.20 Å². The maximum Gasteiger partial charge on any atom is 0.303 e. The fraction of sp³-hybridized carbons (Fsp3) is 0.600. The highest BCUT2D eigenvalue weighted by atomic mass is 16.5. The van der Waals surface area contributed by atoms with Crippen LogP contribution in [0.4, 0.5) is 5.82 Å². The molecule has 0 aliphatic carbocycles. The zero-order valence-corrected chi connectivity index (χ0v) is 16.3. The van der Waals surface area contributed by atoms with E-state index in [-0.39, 0.29) is 11.8 Å². The molecule has 2 N–H and O–H groups in total. The number of carboxylic acid groups (broad SMARTS) is 1. The molecule has 0 fully saturated rings. The molecule has 0 aromatic carbocycles. The van der Waals surface area contributed by atoms with Crippen molar-refractivity contribution in [2.75, 3.05) is 11.9 Å². The molecule has 7 heteroatoms. The quantitative estimate of drug-likeness (QED) is 0.509. The number of aromatic nitrogens is 3. The lowest BCUT2D eigenvalue weighted by Crippen LogP contribution is -2.21. The number of rotatable bonds is 13. The van der Waals surface area contributed by atoms with E-state index in [1.807, 2.05) is 25.1 Å². The third-order valence-corrected chi connectivity index (χ3v) is 4.68. The second kappa shape index (κ2) is 10.6. The molecule has 1 atom stereocenters. The van der Waals surface area contributed by atoms with Gasteiger partial charge in [-0.05, 0) is 43.2 Å². The minimum Gasteiger partial charge on any atom is -0.481 e. The standard InChI is InChI=1S/C20H30N4O3/c1-3-11-20(2,15-19(25)26)12-10-18-23-17(24-27-18)9-5-7-14-22-16-8-4-6-13-21-16/h4,6,8,13H,3,5,7,9-12,14-15H2,1-2H3,(H,21,22)(H,25,26). The first-order valence-electron chi connectivity index (χ1n) is 9.69. The van der Waals surface area contributed by atoms with Crippen molar-refractivity contribution in [2.24, 2.45) is 5.41 Å². The van der Waals surface area contributed by atoms with Crippen LogP contribution in [0.25, 0.3) is 0 Å². The third kappa shape index (κ3) is 7.76. The molecule has 0 aliphatic rings. The van der Waals surface area contributed by atoms with Crippen molar-refractivity contribution in [3.8, 4) is 0 Å². The van der Waals surface area contributed by atoms with Crippen LogP contribution >= 0.6 is 0 Å². The van der Waals surface area contributed by atoms with Crippen LogP contribution in [0.1, 0.15) is 64.1 Å². The van der Waals surface area contributed by atoms with Gasteiger partial charge in [0, 0.05) is 25.6 Å². The Kier molecular flexibility index (Phi) is 8.23. The number of hydrogen-bond acceptors (Lipinski definition) is 6. The van der Waals surface area contributed by atoms with Gasteiger partial charge in [-0.1, -0.05) is 31.5 Å². The number of hydrogen-bond donors (Lipinski definition) is 2. The summed E-state index contributed by atoms with van der Waals surface area (Å²) in [6.07, 6.45) is 7.87. The number of anilines is 1. The number of carboxylic acids is 1. The largest absolute Gasteiger partial charge is 0.481 e. The molecule has 2 rings (SSSR count). The van der Waals surface area contributed by atoms with Crippen molar-refractivity contribution in [2.45, 2.75) is 65.2 Å². The van der Waals surface area contributed by atoms with E-state index in [0.717, 1.165) is 56.7 Å². The summed E-state index contributed by atoms with van der Waals surface area (Å²) >= 11 is 0. The molecule has 7 nitrogen and oxygen atoms in total. The van der Waals surface area contributed by atoms with Gasteiger partial charge in [-0.3, -0.25) is 4.79 Å². The first-order valence-corrected chi connectivity index (χ1v) is 9.69. The van der Waals surface area contributed by atoms with Gasteiger partial charge in [-0.15, -0.1) is 0 Å². The number of carbonyl (C=O) groups is 1. The summed E-state index contributed by atoms with van der Waals surface area (Å²) in [6.45, 7) is 4.95. The number of nitrogens with one attached hydrogen (secondary N) is 1. The Labute approximate surface area is 160 Å². The molecule has 148 valence electrons. The predicted molar refractivity (Wildman–Crippen MR) is 104 cm³/mol. The summed E-state index contributed by atoms with van der Waals surface area (Å²) in [5, 5.41) is 16.5. The highest BCUT2D eigenvalue weighted by Gasteiger charge is 2.27. The fourth-order valence-corrected chi connectivity index (χ4v) is 3.26. The lowest BCUT2D eigenvalue weighted by Gasteiger charge is -2.26. The van der Waals surface area contributed by atoms with E-state index in [2.05, 4.69) is 27.4 Å². The lowest BCUT2D eigenvalue weighted by molar-refractivity contribution is -0.139. The topological polar surface area (TPSA) is 101 Å². The van der Waals surface area contributed by atoms with Crippen molar-refractivity contribution in [1.82, 2.24) is 15.1 Å². The van der Waals surface area contributed by atoms with E-state index in [4.69, 9.17) is 9.63 Å². The van der Waals surface area contributed by atoms with Gasteiger partial charge in [0.2, 0.25) is 5.89 Å². The maximum absolute atomic E-state index is 11.1. The van der Waals surface area contributed by atoms with Crippen LogP contribution in [-0.4, -0.2) is 32.7 Å². The Morgan fingerprint density at radius 2 is 2.11 bits per heavy atom. The van der Waals surface area contributed by atoms with Gasteiger partial charge >= 0.3 is 5.97 Å². The van der Waals surface area contributed by atoms with Gasteiger partial charge in [0.15, 0.2) is 5.82 Å². The Morgan fingerprint density at radius 1 is 1.26 bits per heavy atom. The van der Waals surface area contributed by atoms with Crippen LogP contribution in [-0.2, 0) is 17.6 Å². The Hall–Kier alpha value is -2.44. The zero-order valence-electron chi connectivity index (χ0n) is 16.3. The number of unbranched alkanes of at least 4 members (excludes halogenated alkanes) is 1. The lowest BCUT2D eigenvalue weighted by atomic mass is 9.78. The average molecular weight is 374 g/mol. The van der Waals surface area contributed by atoms with E-state index < -0.39 is 5.97 Å². The minimum absolute atomic E-state index is 0.172. The molecular formula is C20H30N4O3. The smallest absolute Gasteiger partial charge is 0.303 e. The Balaban J connectivity index is 1.70. The van der Waals surface area contributed by atoms with Crippen LogP contribution in [0.15, 0.2) is 28.9 Å². The van der Waals surface area contributed by atoms with E-state index in [1.165, 1.54) is 0 Å². The zero-order chi connectivity index (χ0) is 19.5. The Morgan fingerprint density at radius 3 is 2.81 bits per heavy atom. The summed E-state index contributed by atoms with van der Waals surface area (Å²) in [6, 6.07) is 5.80. The molecule has 0 saturated carbocycles. The molecule has 0 radical (unpaired) electrons. The van der Waals surface area contributed by atoms with Gasteiger partial charge in [-0.25, -0.2) is 4.98 Å². The molecular weight excluding hydrogens is 344 g/mol. The molecule has 0 spiro atoms. The van der Waals surface area contributed by atoms with Crippen molar-refractivity contribution in [3.05, 3.63) is 36.1 Å². The van der Waals surface area contributed by atoms with Gasteiger partial charge in [0.1, 0.15) is 5.82 Å². The molecule has 2 aromatic rings. The summed E-state index contributed by atoms with van der Waals surface area (Å²) in [5.74, 6) is 1.45. The van der Waals surface area contributed by atoms with Crippen LogP contribution < -0.4 is 5.32 Å². The van der Waals surface area contributed by atoms with E-state index >= 15 is 0 Å². The average Bonchev–Trinajstić information content (AvgIpc) is 3.08. The van der Waals surface area contributed by atoms with Gasteiger partial charge in [-0.2, -0.15) is 4.98 Å². The molecule has 1 unspecified atom stereocenters. The van der Waals surface area contributed by atoms with Crippen molar-refractivity contribution in [3.63, 3.8) is 0 Å². The normalized spacial score (nSPS) is 13.3. The van der Waals surface area contributed by atoms with Crippen LogP contribution in [0.5, 0.6) is 0 Å². The van der Waals surface area contributed by atoms with Crippen LogP contribution in [0.3, 0.4) is 0 Å². The van der Waals surface area contributed by atoms with E-state index in [9.17, 15) is 4.79 Å². The molecule has 0 bridgehead atoms. The van der Waals surface area contributed by atoms with Gasteiger partial charge in [0.05, 0.1) is 6.42 Å². The van der Waals surface area contributed by atoms with Gasteiger partial charge < -0.3 is 14.9 Å². The van der Waals surface area contributed by atoms with Crippen molar-refractivity contribution in [1.29, 1.82) is 0 Å². The maximum atomic E-state index is 11.1. The van der Waals surface area contributed by atoms with Crippen LogP contribution in [0, 0.1) is 5.41 Å². The molecule has 0 amide bonds. The predicted octanol–water partition coefficient (Wildman–Crippen LogP) is 4.11. The molecule has 0 saturated heterocycles. The first-order chi connectivity index (χ1) is 13.0. The molecule has 27 heavy (non-hydrogen) atoms. The van der Waals surface area contributed by atoms with Crippen LogP contribution in [0.2, 0.25) is 0 Å². The Bertz CT molecular complexity index is 690. The van der Waals surface area contributed by atoms with Crippen molar-refractivity contribution >= 4 is 11.8 Å². The summed E-state index contributed by atoms with van der Waals surface area (Å²) in [4.78, 5) is 19.8. The van der Waals surface area contributed by atoms with E-state index in [0.29, 0.717) is 12.3 Å². The SMILES string of the molecule is CCCC(C)(CCc1nc(CCCCNc2ccccn2)no1)CC(=O)O. The summed E-state index contributed by atoms with van der Waals surface area (Å²) in [5.41, 5.74) is -0.230.